The summed E-state index contributed by atoms with van der Waals surface area (Å²) in [6.07, 6.45) is 0. The highest BCUT2D eigenvalue weighted by Crippen LogP contribution is 2.36. The molecule has 0 unspecified atom stereocenters. The summed E-state index contributed by atoms with van der Waals surface area (Å²) in [6.45, 7) is 6.42. The fraction of sp³-hybridized carbons (Fsp3) is 0.312. The Labute approximate surface area is 127 Å². The summed E-state index contributed by atoms with van der Waals surface area (Å²) in [7, 11) is 0. The number of halogens is 1. The van der Waals surface area contributed by atoms with Crippen LogP contribution in [-0.4, -0.2) is 12.6 Å². The summed E-state index contributed by atoms with van der Waals surface area (Å²) in [5.74, 6) is -0.237. The predicted molar refractivity (Wildman–Crippen MR) is 87.0 cm³/mol. The number of rotatable bonds is 3. The Bertz CT molecular complexity index is 612. The van der Waals surface area contributed by atoms with Gasteiger partial charge in [0.2, 0.25) is 0 Å². The monoisotopic (exact) mass is 368 g/mol. The molecule has 0 aliphatic rings. The van der Waals surface area contributed by atoms with Gasteiger partial charge in [-0.15, -0.1) is 0 Å². The highest BCUT2D eigenvalue weighted by atomic mass is 127. The van der Waals surface area contributed by atoms with E-state index in [2.05, 4.69) is 42.5 Å². The van der Waals surface area contributed by atoms with E-state index in [1.54, 1.807) is 0 Å². The molecular formula is C16H17IO2. The molecule has 2 nitrogen and oxygen atoms in total. The summed E-state index contributed by atoms with van der Waals surface area (Å²) in [6, 6.07) is 12.0. The Morgan fingerprint density at radius 3 is 2.53 bits per heavy atom. The molecule has 0 atom stereocenters. The highest BCUT2D eigenvalue weighted by molar-refractivity contribution is 14.1. The van der Waals surface area contributed by atoms with Gasteiger partial charge in [0, 0.05) is 3.42 Å². The van der Waals surface area contributed by atoms with Gasteiger partial charge in [0.05, 0.1) is 12.2 Å². The lowest BCUT2D eigenvalue weighted by Crippen LogP contribution is -2.16. The zero-order valence-corrected chi connectivity index (χ0v) is 13.5. The van der Waals surface area contributed by atoms with Crippen molar-refractivity contribution in [3.05, 3.63) is 47.5 Å². The van der Waals surface area contributed by atoms with Crippen LogP contribution in [0.1, 0.15) is 36.7 Å². The maximum Gasteiger partial charge on any atom is 0.339 e. The Balaban J connectivity index is 2.75. The van der Waals surface area contributed by atoms with Crippen molar-refractivity contribution in [1.29, 1.82) is 0 Å². The molecule has 0 saturated carbocycles. The molecule has 0 spiro atoms. The average molecular weight is 368 g/mol. The second kappa shape index (κ2) is 5.49. The Morgan fingerprint density at radius 2 is 1.89 bits per heavy atom. The molecule has 0 fully saturated rings. The van der Waals surface area contributed by atoms with Crippen molar-refractivity contribution in [3.63, 3.8) is 0 Å². The van der Waals surface area contributed by atoms with Crippen LogP contribution in [0.3, 0.4) is 0 Å². The fourth-order valence-corrected chi connectivity index (χ4v) is 2.64. The van der Waals surface area contributed by atoms with Crippen LogP contribution in [0.4, 0.5) is 0 Å². The molecule has 0 heterocycles. The Kier molecular flexibility index (Phi) is 4.13. The number of carbonyl (C=O) groups excluding carboxylic acids is 1. The zero-order chi connectivity index (χ0) is 14.0. The van der Waals surface area contributed by atoms with Crippen LogP contribution in [0.5, 0.6) is 0 Å². The smallest absolute Gasteiger partial charge is 0.339 e. The van der Waals surface area contributed by atoms with Gasteiger partial charge in [-0.2, -0.15) is 0 Å². The van der Waals surface area contributed by atoms with Crippen LogP contribution in [0.25, 0.3) is 10.8 Å². The molecule has 0 N–H and O–H groups in total. The Morgan fingerprint density at radius 1 is 1.21 bits per heavy atom. The van der Waals surface area contributed by atoms with Crippen molar-refractivity contribution >= 4 is 39.3 Å². The first-order valence-electron chi connectivity index (χ1n) is 6.33. The van der Waals surface area contributed by atoms with Crippen molar-refractivity contribution in [1.82, 2.24) is 0 Å². The number of hydrogen-bond acceptors (Lipinski definition) is 2. The molecule has 2 aromatic rings. The SMILES string of the molecule is CCOC(=O)c1c(C(C)(C)I)ccc2ccccc12. The molecule has 19 heavy (non-hydrogen) atoms. The van der Waals surface area contributed by atoms with Crippen molar-refractivity contribution in [2.75, 3.05) is 6.61 Å². The number of fused-ring (bicyclic) bond motifs is 1. The van der Waals surface area contributed by atoms with E-state index in [0.29, 0.717) is 12.2 Å². The van der Waals surface area contributed by atoms with E-state index in [0.717, 1.165) is 16.3 Å². The summed E-state index contributed by atoms with van der Waals surface area (Å²) in [4.78, 5) is 12.3. The summed E-state index contributed by atoms with van der Waals surface area (Å²) in [5, 5.41) is 2.03. The first-order valence-corrected chi connectivity index (χ1v) is 7.41. The maximum absolute atomic E-state index is 12.3. The van der Waals surface area contributed by atoms with E-state index < -0.39 is 0 Å². The third-order valence-corrected chi connectivity index (χ3v) is 3.63. The van der Waals surface area contributed by atoms with E-state index in [9.17, 15) is 4.79 Å². The van der Waals surface area contributed by atoms with E-state index >= 15 is 0 Å². The predicted octanol–water partition coefficient (Wildman–Crippen LogP) is 4.69. The van der Waals surface area contributed by atoms with Crippen LogP contribution in [0.15, 0.2) is 36.4 Å². The molecule has 0 saturated heterocycles. The lowest BCUT2D eigenvalue weighted by atomic mass is 9.92. The Hall–Kier alpha value is -1.10. The maximum atomic E-state index is 12.3. The second-order valence-electron chi connectivity index (χ2n) is 4.90. The molecule has 100 valence electrons. The van der Waals surface area contributed by atoms with Gasteiger partial charge in [0.25, 0.3) is 0 Å². The molecule has 0 aliphatic carbocycles. The van der Waals surface area contributed by atoms with Gasteiger partial charge in [-0.3, -0.25) is 0 Å². The minimum atomic E-state index is -0.237. The molecular weight excluding hydrogens is 351 g/mol. The van der Waals surface area contributed by atoms with Gasteiger partial charge in [-0.05, 0) is 37.1 Å². The van der Waals surface area contributed by atoms with Gasteiger partial charge in [-0.1, -0.05) is 59.0 Å². The third-order valence-electron chi connectivity index (χ3n) is 3.05. The van der Waals surface area contributed by atoms with Crippen molar-refractivity contribution < 1.29 is 9.53 Å². The van der Waals surface area contributed by atoms with E-state index in [4.69, 9.17) is 4.74 Å². The average Bonchev–Trinajstić information content (AvgIpc) is 2.36. The largest absolute Gasteiger partial charge is 0.462 e. The van der Waals surface area contributed by atoms with Gasteiger partial charge in [0.15, 0.2) is 0 Å². The molecule has 0 radical (unpaired) electrons. The molecule has 0 amide bonds. The van der Waals surface area contributed by atoms with E-state index in [1.807, 2.05) is 37.3 Å². The van der Waals surface area contributed by atoms with Gasteiger partial charge < -0.3 is 4.74 Å². The number of alkyl halides is 1. The lowest BCUT2D eigenvalue weighted by Gasteiger charge is -2.21. The zero-order valence-electron chi connectivity index (χ0n) is 11.4. The van der Waals surface area contributed by atoms with E-state index in [1.165, 1.54) is 0 Å². The summed E-state index contributed by atoms with van der Waals surface area (Å²) < 4.78 is 5.11. The number of ether oxygens (including phenoxy) is 1. The molecule has 0 aromatic heterocycles. The standard InChI is InChI=1S/C16H17IO2/c1-4-19-15(18)14-12-8-6-5-7-11(12)9-10-13(14)16(2,3)17/h5-10H,4H2,1-3H3. The van der Waals surface area contributed by atoms with Crippen LogP contribution >= 0.6 is 22.6 Å². The number of benzene rings is 2. The van der Waals surface area contributed by atoms with Crippen molar-refractivity contribution in [3.8, 4) is 0 Å². The number of carbonyl (C=O) groups is 1. The van der Waals surface area contributed by atoms with Crippen molar-refractivity contribution in [2.45, 2.75) is 24.2 Å². The van der Waals surface area contributed by atoms with Gasteiger partial charge >= 0.3 is 5.97 Å². The second-order valence-corrected chi connectivity index (χ2v) is 7.60. The van der Waals surface area contributed by atoms with Crippen LogP contribution in [0, 0.1) is 0 Å². The van der Waals surface area contributed by atoms with Crippen LogP contribution in [0.2, 0.25) is 0 Å². The first kappa shape index (κ1) is 14.3. The first-order chi connectivity index (χ1) is 8.95. The quantitative estimate of drug-likeness (QED) is 0.447. The van der Waals surface area contributed by atoms with Crippen molar-refractivity contribution in [2.24, 2.45) is 0 Å². The van der Waals surface area contributed by atoms with E-state index in [-0.39, 0.29) is 9.39 Å². The fourth-order valence-electron chi connectivity index (χ4n) is 2.19. The van der Waals surface area contributed by atoms with Gasteiger partial charge in [-0.25, -0.2) is 4.79 Å². The molecule has 2 aromatic carbocycles. The number of hydrogen-bond donors (Lipinski definition) is 0. The minimum absolute atomic E-state index is 0.121. The van der Waals surface area contributed by atoms with Crippen LogP contribution < -0.4 is 0 Å². The molecule has 0 aliphatic heterocycles. The summed E-state index contributed by atoms with van der Waals surface area (Å²) >= 11 is 2.35. The normalized spacial score (nSPS) is 11.6. The lowest BCUT2D eigenvalue weighted by molar-refractivity contribution is 0.0527. The molecule has 2 rings (SSSR count). The van der Waals surface area contributed by atoms with Crippen LogP contribution in [-0.2, 0) is 8.16 Å². The molecule has 0 bridgehead atoms. The van der Waals surface area contributed by atoms with Gasteiger partial charge in [0.1, 0.15) is 0 Å². The number of esters is 1. The third kappa shape index (κ3) is 2.91. The minimum Gasteiger partial charge on any atom is -0.462 e. The summed E-state index contributed by atoms with van der Waals surface area (Å²) in [5.41, 5.74) is 1.71. The highest BCUT2D eigenvalue weighted by Gasteiger charge is 2.25. The topological polar surface area (TPSA) is 26.3 Å². The molecule has 3 heteroatoms.